The molecule has 0 aliphatic carbocycles. The lowest BCUT2D eigenvalue weighted by atomic mass is 10.1. The van der Waals surface area contributed by atoms with Gasteiger partial charge >= 0.3 is 0 Å². The number of aryl methyl sites for hydroxylation is 1. The van der Waals surface area contributed by atoms with Crippen LogP contribution in [0.2, 0.25) is 5.02 Å². The summed E-state index contributed by atoms with van der Waals surface area (Å²) in [5, 5.41) is 17.2. The molecular weight excluding hydrogens is 408 g/mol. The Morgan fingerprint density at radius 2 is 2.17 bits per heavy atom. The van der Waals surface area contributed by atoms with E-state index < -0.39 is 0 Å². The number of allylic oxidation sites excluding steroid dienone is 1. The van der Waals surface area contributed by atoms with E-state index >= 15 is 0 Å². The van der Waals surface area contributed by atoms with Crippen LogP contribution in [0.3, 0.4) is 0 Å². The second kappa shape index (κ2) is 9.29. The topological polar surface area (TPSA) is 70.6 Å². The predicted molar refractivity (Wildman–Crippen MR) is 120 cm³/mol. The monoisotopic (exact) mass is 430 g/mol. The standard InChI is InChI=1S/C22H23ClN2O3S/c1-4-6-15-10-14(11-18(20(15)26)28-5-2)12-19-21(27)25-22(29-19)24-17-8-7-16(23)9-13(17)3/h4,7-12,22,24,26H,1,5-6H2,2-3H3,(H,25,27)/b19-12-. The maximum absolute atomic E-state index is 12.4. The summed E-state index contributed by atoms with van der Waals surface area (Å²) in [7, 11) is 0. The van der Waals surface area contributed by atoms with Crippen molar-refractivity contribution in [3.05, 3.63) is 69.6 Å². The molecule has 5 nitrogen and oxygen atoms in total. The molecule has 0 aromatic heterocycles. The molecule has 1 saturated heterocycles. The van der Waals surface area contributed by atoms with Gasteiger partial charge in [0, 0.05) is 16.3 Å². The highest BCUT2D eigenvalue weighted by Gasteiger charge is 2.27. The molecule has 0 bridgehead atoms. The first-order valence-corrected chi connectivity index (χ1v) is 10.5. The van der Waals surface area contributed by atoms with E-state index in [4.69, 9.17) is 16.3 Å². The Morgan fingerprint density at radius 3 is 2.86 bits per heavy atom. The molecule has 0 radical (unpaired) electrons. The normalized spacial score (nSPS) is 17.3. The van der Waals surface area contributed by atoms with Gasteiger partial charge in [-0.25, -0.2) is 0 Å². The maximum Gasteiger partial charge on any atom is 0.260 e. The summed E-state index contributed by atoms with van der Waals surface area (Å²) in [6, 6.07) is 9.14. The number of phenols is 1. The number of thioether (sulfide) groups is 1. The van der Waals surface area contributed by atoms with Gasteiger partial charge < -0.3 is 20.5 Å². The van der Waals surface area contributed by atoms with Crippen LogP contribution in [-0.4, -0.2) is 23.1 Å². The van der Waals surface area contributed by atoms with Crippen molar-refractivity contribution in [2.24, 2.45) is 0 Å². The number of hydrogen-bond donors (Lipinski definition) is 3. The molecule has 1 aliphatic rings. The van der Waals surface area contributed by atoms with Crippen molar-refractivity contribution in [2.45, 2.75) is 25.8 Å². The lowest BCUT2D eigenvalue weighted by Gasteiger charge is -2.15. The van der Waals surface area contributed by atoms with Crippen molar-refractivity contribution >= 4 is 41.0 Å². The smallest absolute Gasteiger partial charge is 0.260 e. The zero-order valence-corrected chi connectivity index (χ0v) is 17.9. The molecule has 2 aromatic rings. The highest BCUT2D eigenvalue weighted by atomic mass is 35.5. The number of phenolic OH excluding ortho intramolecular Hbond substituents is 1. The van der Waals surface area contributed by atoms with E-state index in [2.05, 4.69) is 17.2 Å². The molecule has 1 amide bonds. The summed E-state index contributed by atoms with van der Waals surface area (Å²) < 4.78 is 5.53. The van der Waals surface area contributed by atoms with Gasteiger partial charge in [-0.3, -0.25) is 4.79 Å². The zero-order chi connectivity index (χ0) is 21.0. The number of carbonyl (C=O) groups is 1. The number of rotatable bonds is 7. The van der Waals surface area contributed by atoms with Gasteiger partial charge in [0.25, 0.3) is 5.91 Å². The fourth-order valence-electron chi connectivity index (χ4n) is 3.00. The van der Waals surface area contributed by atoms with Gasteiger partial charge in [0.15, 0.2) is 17.0 Å². The molecule has 152 valence electrons. The second-order valence-corrected chi connectivity index (χ2v) is 8.12. The highest BCUT2D eigenvalue weighted by molar-refractivity contribution is 8.05. The van der Waals surface area contributed by atoms with Crippen molar-refractivity contribution in [3.63, 3.8) is 0 Å². The van der Waals surface area contributed by atoms with Crippen LogP contribution >= 0.6 is 23.4 Å². The van der Waals surface area contributed by atoms with Gasteiger partial charge in [-0.15, -0.1) is 6.58 Å². The maximum atomic E-state index is 12.4. The average molecular weight is 431 g/mol. The van der Waals surface area contributed by atoms with E-state index in [1.165, 1.54) is 11.8 Å². The van der Waals surface area contributed by atoms with Gasteiger partial charge in [0.2, 0.25) is 0 Å². The largest absolute Gasteiger partial charge is 0.504 e. The summed E-state index contributed by atoms with van der Waals surface area (Å²) >= 11 is 7.40. The van der Waals surface area contributed by atoms with E-state index in [0.717, 1.165) is 16.8 Å². The number of anilines is 1. The molecule has 1 unspecified atom stereocenters. The number of benzene rings is 2. The lowest BCUT2D eigenvalue weighted by Crippen LogP contribution is -2.31. The number of halogens is 1. The molecule has 29 heavy (non-hydrogen) atoms. The van der Waals surface area contributed by atoms with Crippen LogP contribution in [0.15, 0.2) is 47.9 Å². The van der Waals surface area contributed by atoms with Crippen LogP contribution in [0, 0.1) is 6.92 Å². The van der Waals surface area contributed by atoms with Crippen LogP contribution < -0.4 is 15.4 Å². The van der Waals surface area contributed by atoms with Crippen LogP contribution in [0.1, 0.15) is 23.6 Å². The Morgan fingerprint density at radius 1 is 1.38 bits per heavy atom. The highest BCUT2D eigenvalue weighted by Crippen LogP contribution is 2.36. The number of nitrogens with one attached hydrogen (secondary N) is 2. The van der Waals surface area contributed by atoms with Crippen LogP contribution in [0.5, 0.6) is 11.5 Å². The molecule has 3 rings (SSSR count). The first-order chi connectivity index (χ1) is 13.9. The van der Waals surface area contributed by atoms with Crippen molar-refractivity contribution in [1.29, 1.82) is 0 Å². The van der Waals surface area contributed by atoms with Crippen LogP contribution in [0.25, 0.3) is 6.08 Å². The Balaban J connectivity index is 1.83. The van der Waals surface area contributed by atoms with Crippen molar-refractivity contribution in [3.8, 4) is 11.5 Å². The molecule has 3 N–H and O–H groups in total. The minimum atomic E-state index is -0.287. The summed E-state index contributed by atoms with van der Waals surface area (Å²) in [5.74, 6) is 0.346. The molecule has 7 heteroatoms. The third-order valence-corrected chi connectivity index (χ3v) is 5.61. The van der Waals surface area contributed by atoms with Gasteiger partial charge in [0.05, 0.1) is 11.5 Å². The van der Waals surface area contributed by atoms with Gasteiger partial charge in [-0.2, -0.15) is 0 Å². The minimum absolute atomic E-state index is 0.107. The van der Waals surface area contributed by atoms with E-state index in [9.17, 15) is 9.90 Å². The van der Waals surface area contributed by atoms with Gasteiger partial charge in [-0.05, 0) is 67.8 Å². The fraction of sp³-hybridized carbons (Fsp3) is 0.227. The SMILES string of the molecule is C=CCc1cc(/C=C2\SC(Nc3ccc(Cl)cc3C)NC2=O)cc(OCC)c1O. The molecule has 1 heterocycles. The molecule has 0 spiro atoms. The van der Waals surface area contributed by atoms with Crippen LogP contribution in [0.4, 0.5) is 5.69 Å². The van der Waals surface area contributed by atoms with Crippen molar-refractivity contribution < 1.29 is 14.6 Å². The number of ether oxygens (including phenoxy) is 1. The lowest BCUT2D eigenvalue weighted by molar-refractivity contribution is -0.116. The Bertz CT molecular complexity index is 975. The molecule has 1 atom stereocenters. The summed E-state index contributed by atoms with van der Waals surface area (Å²) in [6.45, 7) is 7.97. The Kier molecular flexibility index (Phi) is 6.77. The van der Waals surface area contributed by atoms with E-state index in [0.29, 0.717) is 34.3 Å². The first kappa shape index (κ1) is 21.1. The predicted octanol–water partition coefficient (Wildman–Crippen LogP) is 5.08. The zero-order valence-electron chi connectivity index (χ0n) is 16.3. The first-order valence-electron chi connectivity index (χ1n) is 9.22. The van der Waals surface area contributed by atoms with Crippen molar-refractivity contribution in [2.75, 3.05) is 11.9 Å². The third kappa shape index (κ3) is 5.08. The molecule has 1 fully saturated rings. The summed E-state index contributed by atoms with van der Waals surface area (Å²) in [5.41, 5.74) is 3.10. The molecule has 2 aromatic carbocycles. The average Bonchev–Trinajstić information content (AvgIpc) is 3.01. The summed E-state index contributed by atoms with van der Waals surface area (Å²) in [4.78, 5) is 13.0. The number of amides is 1. The quantitative estimate of drug-likeness (QED) is 0.422. The number of carbonyl (C=O) groups excluding carboxylic acids is 1. The van der Waals surface area contributed by atoms with Crippen LogP contribution in [-0.2, 0) is 11.2 Å². The number of hydrogen-bond acceptors (Lipinski definition) is 5. The molecule has 0 saturated carbocycles. The summed E-state index contributed by atoms with van der Waals surface area (Å²) in [6.07, 6.45) is 4.01. The number of aromatic hydroxyl groups is 1. The van der Waals surface area contributed by atoms with Gasteiger partial charge in [0.1, 0.15) is 0 Å². The molecular formula is C22H23ClN2O3S. The molecule has 1 aliphatic heterocycles. The third-order valence-electron chi connectivity index (χ3n) is 4.34. The minimum Gasteiger partial charge on any atom is -0.504 e. The Hall–Kier alpha value is -2.57. The fourth-order valence-corrected chi connectivity index (χ4v) is 4.20. The second-order valence-electron chi connectivity index (χ2n) is 6.54. The van der Waals surface area contributed by atoms with E-state index in [-0.39, 0.29) is 17.2 Å². The van der Waals surface area contributed by atoms with Crippen molar-refractivity contribution in [1.82, 2.24) is 5.32 Å². The van der Waals surface area contributed by atoms with E-state index in [1.54, 1.807) is 18.2 Å². The van der Waals surface area contributed by atoms with E-state index in [1.807, 2.05) is 38.1 Å². The van der Waals surface area contributed by atoms with Gasteiger partial charge in [-0.1, -0.05) is 29.4 Å². The Labute approximate surface area is 179 Å².